The fourth-order valence-electron chi connectivity index (χ4n) is 2.07. The van der Waals surface area contributed by atoms with Gasteiger partial charge in [0.05, 0.1) is 5.69 Å². The third kappa shape index (κ3) is 4.17. The summed E-state index contributed by atoms with van der Waals surface area (Å²) >= 11 is 1.36. The van der Waals surface area contributed by atoms with E-state index in [2.05, 4.69) is 41.3 Å². The Hall–Kier alpha value is -1.73. The summed E-state index contributed by atoms with van der Waals surface area (Å²) in [6.07, 6.45) is -0.108. The van der Waals surface area contributed by atoms with Crippen LogP contribution in [0.5, 0.6) is 0 Å². The van der Waals surface area contributed by atoms with E-state index in [1.165, 1.54) is 11.3 Å². The molecule has 0 spiro atoms. The molecule has 0 aliphatic rings. The lowest BCUT2D eigenvalue weighted by atomic mass is 9.92. The molecule has 6 nitrogen and oxygen atoms in total. The molecule has 2 aromatic rings. The second kappa shape index (κ2) is 6.80. The van der Waals surface area contributed by atoms with Gasteiger partial charge in [-0.05, 0) is 20.8 Å². The van der Waals surface area contributed by atoms with Crippen LogP contribution in [0.3, 0.4) is 0 Å². The minimum Gasteiger partial charge on any atom is -0.372 e. The Balaban J connectivity index is 2.13. The van der Waals surface area contributed by atoms with Crippen molar-refractivity contribution in [3.63, 3.8) is 0 Å². The molecule has 7 heteroatoms. The molecule has 0 saturated heterocycles. The highest BCUT2D eigenvalue weighted by Gasteiger charge is 2.21. The van der Waals surface area contributed by atoms with Crippen LogP contribution in [0.25, 0.3) is 0 Å². The van der Waals surface area contributed by atoms with Gasteiger partial charge < -0.3 is 10.1 Å². The molecule has 0 bridgehead atoms. The molecule has 0 aliphatic carbocycles. The Morgan fingerprint density at radius 2 is 2.17 bits per heavy atom. The lowest BCUT2D eigenvalue weighted by Gasteiger charge is -2.14. The quantitative estimate of drug-likeness (QED) is 0.870. The van der Waals surface area contributed by atoms with Crippen molar-refractivity contribution in [1.82, 2.24) is 15.2 Å². The van der Waals surface area contributed by atoms with Crippen molar-refractivity contribution in [1.29, 1.82) is 0 Å². The van der Waals surface area contributed by atoms with Gasteiger partial charge in [0.15, 0.2) is 5.82 Å². The van der Waals surface area contributed by atoms with Crippen molar-refractivity contribution in [2.24, 2.45) is 0 Å². The van der Waals surface area contributed by atoms with Gasteiger partial charge in [0.1, 0.15) is 16.0 Å². The minimum absolute atomic E-state index is 0.0452. The molecule has 0 fully saturated rings. The van der Waals surface area contributed by atoms with Gasteiger partial charge in [0.25, 0.3) is 5.91 Å². The Morgan fingerprint density at radius 1 is 1.48 bits per heavy atom. The van der Waals surface area contributed by atoms with Crippen molar-refractivity contribution < 1.29 is 9.53 Å². The number of anilines is 1. The number of carbonyl (C=O) groups is 1. The number of hydrogen-bond acceptors (Lipinski definition) is 5. The Morgan fingerprint density at radius 3 is 2.74 bits per heavy atom. The third-order valence-corrected chi connectivity index (χ3v) is 4.73. The number of rotatable bonds is 5. The number of ether oxygens (including phenoxy) is 1. The van der Waals surface area contributed by atoms with E-state index >= 15 is 0 Å². The number of hydrogen-bond donors (Lipinski definition) is 2. The molecule has 0 radical (unpaired) electrons. The van der Waals surface area contributed by atoms with Crippen molar-refractivity contribution >= 4 is 23.1 Å². The minimum atomic E-state index is -0.193. The van der Waals surface area contributed by atoms with Gasteiger partial charge in [-0.1, -0.05) is 20.8 Å². The number of aryl methyl sites for hydroxylation is 1. The maximum absolute atomic E-state index is 12.5. The summed E-state index contributed by atoms with van der Waals surface area (Å²) in [5, 5.41) is 10.7. The van der Waals surface area contributed by atoms with Gasteiger partial charge >= 0.3 is 0 Å². The number of carbonyl (C=O) groups excluding carboxylic acids is 1. The van der Waals surface area contributed by atoms with Gasteiger partial charge in [0, 0.05) is 23.8 Å². The molecule has 2 rings (SSSR count). The number of aromatic nitrogens is 3. The van der Waals surface area contributed by atoms with Crippen LogP contribution in [0.2, 0.25) is 0 Å². The molecule has 0 aromatic carbocycles. The Bertz CT molecular complexity index is 685. The molecule has 0 saturated carbocycles. The molecule has 2 N–H and O–H groups in total. The predicted octanol–water partition coefficient (Wildman–Crippen LogP) is 3.82. The fraction of sp³-hybridized carbons (Fsp3) is 0.562. The third-order valence-electron chi connectivity index (χ3n) is 3.41. The van der Waals surface area contributed by atoms with E-state index in [-0.39, 0.29) is 17.4 Å². The number of amides is 1. The number of thiazole rings is 1. The SMILES string of the molecule is CCO[C@H](C)c1nc(C)c(C(=O)Nc2cc(C(C)(C)C)[nH]n2)s1. The van der Waals surface area contributed by atoms with E-state index < -0.39 is 0 Å². The van der Waals surface area contributed by atoms with Crippen molar-refractivity contribution in [2.45, 2.75) is 53.1 Å². The summed E-state index contributed by atoms with van der Waals surface area (Å²) in [6.45, 7) is 12.6. The van der Waals surface area contributed by atoms with E-state index in [4.69, 9.17) is 4.74 Å². The summed E-state index contributed by atoms with van der Waals surface area (Å²) in [6, 6.07) is 1.86. The van der Waals surface area contributed by atoms with Gasteiger partial charge in [-0.15, -0.1) is 11.3 Å². The molecule has 126 valence electrons. The van der Waals surface area contributed by atoms with Crippen LogP contribution in [0, 0.1) is 6.92 Å². The van der Waals surface area contributed by atoms with Crippen LogP contribution in [0.4, 0.5) is 5.82 Å². The second-order valence-corrected chi connectivity index (χ2v) is 7.47. The van der Waals surface area contributed by atoms with Gasteiger partial charge in [-0.3, -0.25) is 9.89 Å². The second-order valence-electron chi connectivity index (χ2n) is 6.44. The lowest BCUT2D eigenvalue weighted by molar-refractivity contribution is 0.0761. The van der Waals surface area contributed by atoms with Crippen LogP contribution in [-0.2, 0) is 10.2 Å². The lowest BCUT2D eigenvalue weighted by Crippen LogP contribution is -2.12. The Kier molecular flexibility index (Phi) is 5.21. The van der Waals surface area contributed by atoms with E-state index in [9.17, 15) is 4.79 Å². The van der Waals surface area contributed by atoms with Gasteiger partial charge in [-0.25, -0.2) is 4.98 Å². The maximum Gasteiger partial charge on any atom is 0.268 e. The zero-order valence-electron chi connectivity index (χ0n) is 14.5. The average molecular weight is 336 g/mol. The number of aromatic amines is 1. The first-order valence-corrected chi connectivity index (χ1v) is 8.50. The van der Waals surface area contributed by atoms with Crippen LogP contribution in [0.1, 0.15) is 66.8 Å². The normalized spacial score (nSPS) is 13.1. The zero-order chi connectivity index (χ0) is 17.2. The molecular formula is C16H24N4O2S. The standard InChI is InChI=1S/C16H24N4O2S/c1-7-22-10(3)15-17-9(2)13(23-15)14(21)18-12-8-11(19-20-12)16(4,5)6/h8,10H,7H2,1-6H3,(H2,18,19,20,21)/t10-/m1/s1. The van der Waals surface area contributed by atoms with Gasteiger partial charge in [0.2, 0.25) is 0 Å². The highest BCUT2D eigenvalue weighted by atomic mass is 32.1. The summed E-state index contributed by atoms with van der Waals surface area (Å²) in [5.41, 5.74) is 1.64. The van der Waals surface area contributed by atoms with E-state index in [0.29, 0.717) is 23.0 Å². The van der Waals surface area contributed by atoms with Gasteiger partial charge in [-0.2, -0.15) is 5.10 Å². The summed E-state index contributed by atoms with van der Waals surface area (Å²) in [5.74, 6) is 0.328. The first kappa shape index (κ1) is 17.6. The van der Waals surface area contributed by atoms with E-state index in [1.807, 2.05) is 26.8 Å². The smallest absolute Gasteiger partial charge is 0.268 e. The number of nitrogens with one attached hydrogen (secondary N) is 2. The Labute approximate surface area is 140 Å². The van der Waals surface area contributed by atoms with Crippen molar-refractivity contribution in [3.8, 4) is 0 Å². The largest absolute Gasteiger partial charge is 0.372 e. The number of nitrogens with zero attached hydrogens (tertiary/aromatic N) is 2. The molecular weight excluding hydrogens is 312 g/mol. The monoisotopic (exact) mass is 336 g/mol. The van der Waals surface area contributed by atoms with Crippen LogP contribution < -0.4 is 5.32 Å². The van der Waals surface area contributed by atoms with E-state index in [1.54, 1.807) is 0 Å². The highest BCUT2D eigenvalue weighted by Crippen LogP contribution is 2.27. The van der Waals surface area contributed by atoms with Crippen molar-refractivity contribution in [2.75, 3.05) is 11.9 Å². The topological polar surface area (TPSA) is 79.9 Å². The van der Waals surface area contributed by atoms with Crippen LogP contribution >= 0.6 is 11.3 Å². The van der Waals surface area contributed by atoms with Crippen LogP contribution in [0.15, 0.2) is 6.07 Å². The average Bonchev–Trinajstić information content (AvgIpc) is 3.05. The molecule has 2 aromatic heterocycles. The zero-order valence-corrected chi connectivity index (χ0v) is 15.3. The first-order chi connectivity index (χ1) is 10.7. The summed E-state index contributed by atoms with van der Waals surface area (Å²) in [4.78, 5) is 17.5. The van der Waals surface area contributed by atoms with Crippen LogP contribution in [-0.4, -0.2) is 27.7 Å². The number of H-pyrrole nitrogens is 1. The summed E-state index contributed by atoms with van der Waals surface area (Å²) < 4.78 is 5.53. The van der Waals surface area contributed by atoms with Crippen molar-refractivity contribution in [3.05, 3.63) is 27.3 Å². The van der Waals surface area contributed by atoms with E-state index in [0.717, 1.165) is 10.7 Å². The molecule has 1 amide bonds. The molecule has 0 unspecified atom stereocenters. The highest BCUT2D eigenvalue weighted by molar-refractivity contribution is 7.14. The molecule has 23 heavy (non-hydrogen) atoms. The summed E-state index contributed by atoms with van der Waals surface area (Å²) in [7, 11) is 0. The molecule has 0 aliphatic heterocycles. The molecule has 1 atom stereocenters. The fourth-order valence-corrected chi connectivity index (χ4v) is 3.03. The maximum atomic E-state index is 12.5. The predicted molar refractivity (Wildman–Crippen MR) is 92.1 cm³/mol. The molecule has 2 heterocycles. The first-order valence-electron chi connectivity index (χ1n) is 7.68.